The molecule has 33 heavy (non-hydrogen) atoms. The van der Waals surface area contributed by atoms with Gasteiger partial charge in [-0.1, -0.05) is 35.9 Å². The third kappa shape index (κ3) is 6.35. The number of carbonyl (C=O) groups is 1. The summed E-state index contributed by atoms with van der Waals surface area (Å²) >= 11 is 6.25. The number of benzene rings is 2. The second-order valence-electron chi connectivity index (χ2n) is 8.08. The highest BCUT2D eigenvalue weighted by Gasteiger charge is 2.26. The first kappa shape index (κ1) is 25.2. The van der Waals surface area contributed by atoms with Crippen LogP contribution in [0.1, 0.15) is 24.2 Å². The molecule has 1 N–H and O–H groups in total. The Morgan fingerprint density at radius 1 is 1.21 bits per heavy atom. The number of carbonyl (C=O) groups excluding carboxylic acids is 1. The molecule has 1 fully saturated rings. The Balaban J connectivity index is 1.72. The van der Waals surface area contributed by atoms with Crippen LogP contribution in [0, 0.1) is 0 Å². The number of morpholine rings is 1. The van der Waals surface area contributed by atoms with Crippen molar-refractivity contribution in [3.63, 3.8) is 0 Å². The molecule has 2 aromatic carbocycles. The van der Waals surface area contributed by atoms with Gasteiger partial charge in [0.25, 0.3) is 15.9 Å². The van der Waals surface area contributed by atoms with Crippen LogP contribution in [0.25, 0.3) is 0 Å². The SMILES string of the molecule is C=CCN(c1ccccc1Cl)S(=O)(=O)c1cccc(C(=O)NCCN2CC(C)OC(C)C2)c1. The average Bonchev–Trinajstić information content (AvgIpc) is 2.77. The lowest BCUT2D eigenvalue weighted by molar-refractivity contribution is -0.0672. The van der Waals surface area contributed by atoms with Crippen LogP contribution in [-0.4, -0.2) is 64.2 Å². The summed E-state index contributed by atoms with van der Waals surface area (Å²) in [5, 5.41) is 3.19. The van der Waals surface area contributed by atoms with E-state index in [1.807, 2.05) is 13.8 Å². The molecular weight excluding hydrogens is 462 g/mol. The standard InChI is InChI=1S/C24H30ClN3O4S/c1-4-13-28(23-11-6-5-10-22(23)25)33(30,31)21-9-7-8-20(15-21)24(29)26-12-14-27-16-18(2)32-19(3)17-27/h4-11,15,18-19H,1,12-14,16-17H2,2-3H3,(H,26,29). The van der Waals surface area contributed by atoms with Gasteiger partial charge >= 0.3 is 0 Å². The summed E-state index contributed by atoms with van der Waals surface area (Å²) in [6, 6.07) is 12.7. The molecule has 2 aromatic rings. The number of anilines is 1. The van der Waals surface area contributed by atoms with Crippen molar-refractivity contribution in [1.82, 2.24) is 10.2 Å². The lowest BCUT2D eigenvalue weighted by Crippen LogP contribution is -2.47. The summed E-state index contributed by atoms with van der Waals surface area (Å²) in [7, 11) is -3.97. The topological polar surface area (TPSA) is 79.0 Å². The highest BCUT2D eigenvalue weighted by Crippen LogP contribution is 2.30. The van der Waals surface area contributed by atoms with Gasteiger partial charge in [-0.3, -0.25) is 14.0 Å². The van der Waals surface area contributed by atoms with Gasteiger partial charge in [-0.15, -0.1) is 6.58 Å². The van der Waals surface area contributed by atoms with E-state index in [1.54, 1.807) is 36.4 Å². The van der Waals surface area contributed by atoms with E-state index in [0.717, 1.165) is 13.1 Å². The number of hydrogen-bond donors (Lipinski definition) is 1. The minimum absolute atomic E-state index is 0.00717. The van der Waals surface area contributed by atoms with Gasteiger partial charge in [0.2, 0.25) is 0 Å². The van der Waals surface area contributed by atoms with Crippen molar-refractivity contribution in [2.24, 2.45) is 0 Å². The van der Waals surface area contributed by atoms with Crippen LogP contribution in [0.3, 0.4) is 0 Å². The molecule has 0 bridgehead atoms. The summed E-state index contributed by atoms with van der Waals surface area (Å²) in [6.45, 7) is 10.6. The molecule has 1 amide bonds. The number of hydrogen-bond acceptors (Lipinski definition) is 5. The molecule has 0 aromatic heterocycles. The van der Waals surface area contributed by atoms with Gasteiger partial charge in [-0.25, -0.2) is 8.42 Å². The van der Waals surface area contributed by atoms with Crippen molar-refractivity contribution in [2.75, 3.05) is 37.0 Å². The van der Waals surface area contributed by atoms with E-state index in [2.05, 4.69) is 16.8 Å². The number of halogens is 1. The molecule has 2 atom stereocenters. The van der Waals surface area contributed by atoms with E-state index in [4.69, 9.17) is 16.3 Å². The molecule has 1 aliphatic rings. The summed E-state index contributed by atoms with van der Waals surface area (Å²) in [4.78, 5) is 15.0. The van der Waals surface area contributed by atoms with Crippen molar-refractivity contribution in [1.29, 1.82) is 0 Å². The van der Waals surface area contributed by atoms with Gasteiger partial charge in [0.1, 0.15) is 0 Å². The number of sulfonamides is 1. The maximum atomic E-state index is 13.4. The van der Waals surface area contributed by atoms with E-state index < -0.39 is 10.0 Å². The number of amides is 1. The molecule has 7 nitrogen and oxygen atoms in total. The molecule has 0 spiro atoms. The highest BCUT2D eigenvalue weighted by molar-refractivity contribution is 7.92. The first-order valence-electron chi connectivity index (χ1n) is 10.9. The van der Waals surface area contributed by atoms with Gasteiger partial charge in [-0.2, -0.15) is 0 Å². The fourth-order valence-corrected chi connectivity index (χ4v) is 5.71. The lowest BCUT2D eigenvalue weighted by Gasteiger charge is -2.35. The zero-order valence-electron chi connectivity index (χ0n) is 18.9. The highest BCUT2D eigenvalue weighted by atomic mass is 35.5. The first-order chi connectivity index (χ1) is 15.7. The number of ether oxygens (including phenoxy) is 1. The first-order valence-corrected chi connectivity index (χ1v) is 12.7. The van der Waals surface area contributed by atoms with Crippen molar-refractivity contribution in [3.05, 3.63) is 71.8 Å². The van der Waals surface area contributed by atoms with E-state index in [-0.39, 0.29) is 35.1 Å². The molecular formula is C24H30ClN3O4S. The van der Waals surface area contributed by atoms with Crippen molar-refractivity contribution in [2.45, 2.75) is 31.0 Å². The van der Waals surface area contributed by atoms with E-state index >= 15 is 0 Å². The molecule has 2 unspecified atom stereocenters. The quantitative estimate of drug-likeness (QED) is 0.542. The number of nitrogens with one attached hydrogen (secondary N) is 1. The van der Waals surface area contributed by atoms with Gasteiger partial charge < -0.3 is 10.1 Å². The molecule has 1 saturated heterocycles. The summed E-state index contributed by atoms with van der Waals surface area (Å²) in [5.74, 6) is -0.325. The zero-order valence-corrected chi connectivity index (χ0v) is 20.5. The monoisotopic (exact) mass is 491 g/mol. The lowest BCUT2D eigenvalue weighted by atomic mass is 10.2. The number of para-hydroxylation sites is 1. The van der Waals surface area contributed by atoms with Gasteiger partial charge in [0.15, 0.2) is 0 Å². The predicted molar refractivity (Wildman–Crippen MR) is 131 cm³/mol. The van der Waals surface area contributed by atoms with E-state index in [0.29, 0.717) is 23.8 Å². The summed E-state index contributed by atoms with van der Waals surface area (Å²) < 4.78 is 33.7. The van der Waals surface area contributed by atoms with Crippen LogP contribution in [-0.2, 0) is 14.8 Å². The van der Waals surface area contributed by atoms with Crippen LogP contribution in [0.5, 0.6) is 0 Å². The average molecular weight is 492 g/mol. The molecule has 178 valence electrons. The fourth-order valence-electron chi connectivity index (χ4n) is 3.92. The maximum absolute atomic E-state index is 13.4. The molecule has 0 aliphatic carbocycles. The van der Waals surface area contributed by atoms with Crippen molar-refractivity contribution in [3.8, 4) is 0 Å². The van der Waals surface area contributed by atoms with Gasteiger partial charge in [0.05, 0.1) is 34.4 Å². The van der Waals surface area contributed by atoms with Crippen LogP contribution in [0.2, 0.25) is 5.02 Å². The fraction of sp³-hybridized carbons (Fsp3) is 0.375. The minimum atomic E-state index is -3.97. The Kier molecular flexibility index (Phi) is 8.53. The van der Waals surface area contributed by atoms with Crippen LogP contribution >= 0.6 is 11.6 Å². The van der Waals surface area contributed by atoms with Crippen LogP contribution in [0.15, 0.2) is 66.1 Å². The zero-order chi connectivity index (χ0) is 24.0. The normalized spacial score (nSPS) is 19.1. The summed E-state index contributed by atoms with van der Waals surface area (Å²) in [5.41, 5.74) is 0.625. The van der Waals surface area contributed by atoms with Gasteiger partial charge in [-0.05, 0) is 44.2 Å². The largest absolute Gasteiger partial charge is 0.373 e. The molecule has 1 aliphatic heterocycles. The van der Waals surface area contributed by atoms with E-state index in [9.17, 15) is 13.2 Å². The smallest absolute Gasteiger partial charge is 0.264 e. The van der Waals surface area contributed by atoms with E-state index in [1.165, 1.54) is 22.5 Å². The Labute approximate surface area is 201 Å². The molecule has 1 heterocycles. The number of nitrogens with zero attached hydrogens (tertiary/aromatic N) is 2. The van der Waals surface area contributed by atoms with Crippen LogP contribution < -0.4 is 9.62 Å². The Morgan fingerprint density at radius 2 is 1.91 bits per heavy atom. The summed E-state index contributed by atoms with van der Waals surface area (Å²) in [6.07, 6.45) is 1.80. The predicted octanol–water partition coefficient (Wildman–Crippen LogP) is 3.56. The van der Waals surface area contributed by atoms with Crippen molar-refractivity contribution < 1.29 is 17.9 Å². The van der Waals surface area contributed by atoms with Crippen molar-refractivity contribution >= 4 is 33.2 Å². The number of rotatable bonds is 9. The Bertz CT molecular complexity index is 1080. The third-order valence-corrected chi connectivity index (χ3v) is 7.40. The second kappa shape index (κ2) is 11.2. The molecule has 0 radical (unpaired) electrons. The van der Waals surface area contributed by atoms with Crippen LogP contribution in [0.4, 0.5) is 5.69 Å². The maximum Gasteiger partial charge on any atom is 0.264 e. The second-order valence-corrected chi connectivity index (χ2v) is 10.3. The third-order valence-electron chi connectivity index (χ3n) is 5.31. The molecule has 0 saturated carbocycles. The van der Waals surface area contributed by atoms with Gasteiger partial charge in [0, 0.05) is 31.7 Å². The molecule has 9 heteroatoms. The molecule has 3 rings (SSSR count). The minimum Gasteiger partial charge on any atom is -0.373 e. The Hall–Kier alpha value is -2.39. The Morgan fingerprint density at radius 3 is 2.58 bits per heavy atom.